The predicted molar refractivity (Wildman–Crippen MR) is 178 cm³/mol. The minimum Gasteiger partial charge on any atom is -0.341 e. The smallest absolute Gasteiger partial charge is 0.277 e. The fourth-order valence-electron chi connectivity index (χ4n) is 5.43. The highest BCUT2D eigenvalue weighted by Gasteiger charge is 2.29. The zero-order chi connectivity index (χ0) is 31.0. The molecule has 41 heavy (non-hydrogen) atoms. The lowest BCUT2D eigenvalue weighted by Gasteiger charge is -2.36. The lowest BCUT2D eigenvalue weighted by molar-refractivity contribution is -0.938. The zero-order valence-electron chi connectivity index (χ0n) is 29.3. The van der Waals surface area contributed by atoms with E-state index in [4.69, 9.17) is 0 Å². The molecule has 2 amide bonds. The molecular formula is C35H74N4O2+2. The summed E-state index contributed by atoms with van der Waals surface area (Å²) >= 11 is 0. The number of rotatable bonds is 28. The highest BCUT2D eigenvalue weighted by Crippen LogP contribution is 2.12. The van der Waals surface area contributed by atoms with Gasteiger partial charge in [0, 0.05) is 26.7 Å². The van der Waals surface area contributed by atoms with Crippen molar-refractivity contribution in [2.45, 2.75) is 136 Å². The van der Waals surface area contributed by atoms with Crippen molar-refractivity contribution in [3.63, 3.8) is 0 Å². The molecule has 0 atom stereocenters. The zero-order valence-corrected chi connectivity index (χ0v) is 29.3. The first kappa shape index (κ1) is 39.9. The molecule has 0 aromatic heterocycles. The van der Waals surface area contributed by atoms with Crippen LogP contribution in [0.3, 0.4) is 0 Å². The second-order valence-electron chi connectivity index (χ2n) is 14.1. The van der Waals surface area contributed by atoms with E-state index < -0.39 is 0 Å². The maximum absolute atomic E-state index is 13.5. The topological polar surface area (TPSA) is 40.6 Å². The van der Waals surface area contributed by atoms with Crippen LogP contribution in [0.2, 0.25) is 0 Å². The van der Waals surface area contributed by atoms with Crippen molar-refractivity contribution in [2.75, 3.05) is 81.1 Å². The number of quaternary nitrogens is 2. The van der Waals surface area contributed by atoms with Crippen LogP contribution >= 0.6 is 0 Å². The molecule has 0 radical (unpaired) electrons. The Kier molecular flexibility index (Phi) is 23.6. The number of carbonyl (C=O) groups excluding carboxylic acids is 2. The normalized spacial score (nSPS) is 12.1. The largest absolute Gasteiger partial charge is 0.341 e. The number of amides is 2. The van der Waals surface area contributed by atoms with Gasteiger partial charge in [-0.15, -0.1) is 0 Å². The van der Waals surface area contributed by atoms with Crippen LogP contribution in [-0.2, 0) is 9.59 Å². The Balaban J connectivity index is 4.73. The number of nitrogens with zero attached hydrogens (tertiary/aromatic N) is 4. The van der Waals surface area contributed by atoms with Gasteiger partial charge in [-0.2, -0.15) is 0 Å². The molecule has 0 spiro atoms. The highest BCUT2D eigenvalue weighted by atomic mass is 16.2. The van der Waals surface area contributed by atoms with Gasteiger partial charge in [0.1, 0.15) is 13.1 Å². The van der Waals surface area contributed by atoms with E-state index in [0.717, 1.165) is 52.0 Å². The summed E-state index contributed by atoms with van der Waals surface area (Å²) in [6, 6.07) is 0. The van der Waals surface area contributed by atoms with Gasteiger partial charge in [-0.25, -0.2) is 0 Å². The molecule has 0 fully saturated rings. The van der Waals surface area contributed by atoms with Gasteiger partial charge in [0.05, 0.1) is 28.2 Å². The minimum absolute atomic E-state index is 0.231. The third-order valence-electron chi connectivity index (χ3n) is 8.63. The molecular weight excluding hydrogens is 508 g/mol. The summed E-state index contributed by atoms with van der Waals surface area (Å²) in [5.74, 6) is 0.533. The summed E-state index contributed by atoms with van der Waals surface area (Å²) in [4.78, 5) is 30.5. The van der Waals surface area contributed by atoms with Crippen LogP contribution in [0.15, 0.2) is 0 Å². The van der Waals surface area contributed by atoms with Gasteiger partial charge in [0.2, 0.25) is 0 Å². The van der Waals surface area contributed by atoms with Crippen molar-refractivity contribution in [2.24, 2.45) is 0 Å². The van der Waals surface area contributed by atoms with Crippen molar-refractivity contribution < 1.29 is 18.6 Å². The molecule has 6 heteroatoms. The molecule has 0 unspecified atom stereocenters. The van der Waals surface area contributed by atoms with Crippen molar-refractivity contribution in [3.8, 4) is 0 Å². The van der Waals surface area contributed by atoms with E-state index in [2.05, 4.69) is 53.9 Å². The van der Waals surface area contributed by atoms with Crippen LogP contribution in [0.1, 0.15) is 136 Å². The number of unbranched alkanes of at least 4 members (excludes halogenated alkanes) is 15. The Morgan fingerprint density at radius 1 is 0.463 bits per heavy atom. The number of hydrogen-bond donors (Lipinski definition) is 0. The van der Waals surface area contributed by atoms with Gasteiger partial charge >= 0.3 is 0 Å². The standard InChI is InChI=1S/C35H74N4O2/c1-9-12-15-18-21-24-27-36(4)34(40)32-38(5,6)30-31-39(7,8)33-35(41)37(28-25-22-19-16-13-10-2)29-26-23-20-17-14-11-3/h9-33H2,1-8H3/q+2. The van der Waals surface area contributed by atoms with Crippen molar-refractivity contribution in [1.29, 1.82) is 0 Å². The predicted octanol–water partition coefficient (Wildman–Crippen LogP) is 7.51. The Morgan fingerprint density at radius 2 is 0.780 bits per heavy atom. The first-order chi connectivity index (χ1) is 19.5. The highest BCUT2D eigenvalue weighted by molar-refractivity contribution is 5.77. The molecule has 0 aliphatic carbocycles. The van der Waals surface area contributed by atoms with Crippen LogP contribution in [0.4, 0.5) is 0 Å². The van der Waals surface area contributed by atoms with Crippen molar-refractivity contribution in [3.05, 3.63) is 0 Å². The van der Waals surface area contributed by atoms with E-state index in [1.54, 1.807) is 0 Å². The Hall–Kier alpha value is -1.14. The monoisotopic (exact) mass is 583 g/mol. The molecule has 0 aromatic rings. The van der Waals surface area contributed by atoms with Gasteiger partial charge in [-0.1, -0.05) is 117 Å². The Labute approximate surface area is 257 Å². The average Bonchev–Trinajstić information content (AvgIpc) is 2.91. The lowest BCUT2D eigenvalue weighted by Crippen LogP contribution is -2.56. The van der Waals surface area contributed by atoms with Gasteiger partial charge in [-0.3, -0.25) is 9.59 Å². The third-order valence-corrected chi connectivity index (χ3v) is 8.63. The van der Waals surface area contributed by atoms with E-state index in [1.165, 1.54) is 96.3 Å². The molecule has 0 aliphatic heterocycles. The second kappa shape index (κ2) is 24.3. The van der Waals surface area contributed by atoms with Crippen molar-refractivity contribution >= 4 is 11.8 Å². The van der Waals surface area contributed by atoms with Crippen LogP contribution in [0.25, 0.3) is 0 Å². The van der Waals surface area contributed by atoms with Crippen LogP contribution in [0, 0.1) is 0 Å². The molecule has 0 saturated carbocycles. The van der Waals surface area contributed by atoms with Gasteiger partial charge < -0.3 is 18.8 Å². The summed E-state index contributed by atoms with van der Waals surface area (Å²) in [6.07, 6.45) is 22.6. The van der Waals surface area contributed by atoms with Gasteiger partial charge in [0.15, 0.2) is 13.1 Å². The van der Waals surface area contributed by atoms with E-state index in [-0.39, 0.29) is 5.91 Å². The van der Waals surface area contributed by atoms with Crippen LogP contribution in [-0.4, -0.2) is 112 Å². The molecule has 0 rings (SSSR count). The molecule has 6 nitrogen and oxygen atoms in total. The van der Waals surface area contributed by atoms with Crippen molar-refractivity contribution in [1.82, 2.24) is 9.80 Å². The van der Waals surface area contributed by atoms with E-state index in [0.29, 0.717) is 28.0 Å². The quantitative estimate of drug-likeness (QED) is 0.0708. The van der Waals surface area contributed by atoms with Crippen LogP contribution in [0.5, 0.6) is 0 Å². The van der Waals surface area contributed by atoms with Gasteiger partial charge in [0.25, 0.3) is 11.8 Å². The summed E-state index contributed by atoms with van der Waals surface area (Å²) in [6.45, 7) is 12.2. The Morgan fingerprint density at radius 3 is 1.17 bits per heavy atom. The molecule has 0 heterocycles. The molecule has 0 N–H and O–H groups in total. The van der Waals surface area contributed by atoms with E-state index in [9.17, 15) is 9.59 Å². The first-order valence-corrected chi connectivity index (χ1v) is 17.6. The molecule has 0 saturated heterocycles. The SMILES string of the molecule is CCCCCCCCN(C)C(=O)C[N+](C)(C)CC[N+](C)(C)CC(=O)N(CCCCCCCC)CCCCCCCC. The van der Waals surface area contributed by atoms with Gasteiger partial charge in [-0.05, 0) is 19.3 Å². The third kappa shape index (κ3) is 23.0. The maximum Gasteiger partial charge on any atom is 0.277 e. The first-order valence-electron chi connectivity index (χ1n) is 17.6. The number of carbonyl (C=O) groups is 2. The summed E-state index contributed by atoms with van der Waals surface area (Å²) in [5, 5.41) is 0. The summed E-state index contributed by atoms with van der Waals surface area (Å²) in [5.41, 5.74) is 0. The van der Waals surface area contributed by atoms with Crippen LogP contribution < -0.4 is 0 Å². The number of hydrogen-bond acceptors (Lipinski definition) is 2. The lowest BCUT2D eigenvalue weighted by atomic mass is 10.1. The second-order valence-corrected chi connectivity index (χ2v) is 14.1. The van der Waals surface area contributed by atoms with E-state index >= 15 is 0 Å². The molecule has 244 valence electrons. The molecule has 0 aromatic carbocycles. The number of likely N-dealkylation sites (N-methyl/N-ethyl adjacent to an activating group) is 3. The fraction of sp³-hybridized carbons (Fsp3) is 0.943. The summed E-state index contributed by atoms with van der Waals surface area (Å²) in [7, 11) is 10.6. The van der Waals surface area contributed by atoms with E-state index in [1.807, 2.05) is 11.9 Å². The average molecular weight is 583 g/mol. The molecule has 0 bridgehead atoms. The fourth-order valence-corrected chi connectivity index (χ4v) is 5.43. The molecule has 0 aliphatic rings. The maximum atomic E-state index is 13.5. The Bertz CT molecular complexity index is 634. The minimum atomic E-state index is 0.231. The summed E-state index contributed by atoms with van der Waals surface area (Å²) < 4.78 is 1.33.